The van der Waals surface area contributed by atoms with Gasteiger partial charge in [-0.2, -0.15) is 0 Å². The molecule has 0 atom stereocenters. The summed E-state index contributed by atoms with van der Waals surface area (Å²) in [5.41, 5.74) is 8.08. The quantitative estimate of drug-likeness (QED) is 0.707. The first-order valence-corrected chi connectivity index (χ1v) is 9.01. The minimum Gasteiger partial charge on any atom is -0.385 e. The molecule has 0 radical (unpaired) electrons. The smallest absolute Gasteiger partial charge is 0.148 e. The number of pyridine rings is 1. The number of anilines is 1. The van der Waals surface area contributed by atoms with Gasteiger partial charge in [-0.3, -0.25) is 4.57 Å². The van der Waals surface area contributed by atoms with Gasteiger partial charge in [0.2, 0.25) is 0 Å². The second-order valence-corrected chi connectivity index (χ2v) is 6.73. The van der Waals surface area contributed by atoms with Crippen LogP contribution in [-0.4, -0.2) is 42.1 Å². The van der Waals surface area contributed by atoms with Crippen LogP contribution >= 0.6 is 11.3 Å². The van der Waals surface area contributed by atoms with E-state index in [2.05, 4.69) is 28.5 Å². The van der Waals surface area contributed by atoms with Gasteiger partial charge in [-0.15, -0.1) is 11.3 Å². The van der Waals surface area contributed by atoms with E-state index in [9.17, 15) is 0 Å². The third-order valence-corrected chi connectivity index (χ3v) is 5.20. The largest absolute Gasteiger partial charge is 0.385 e. The maximum absolute atomic E-state index is 7.27. The van der Waals surface area contributed by atoms with Gasteiger partial charge in [0.25, 0.3) is 0 Å². The Morgan fingerprint density at radius 1 is 1.32 bits per heavy atom. The monoisotopic (exact) mass is 353 g/mol. The molecule has 128 valence electrons. The molecule has 0 aromatic carbocycles. The molecule has 3 aromatic rings. The minimum atomic E-state index is 0.480. The number of aromatic nitrogens is 2. The minimum absolute atomic E-state index is 0.480. The molecule has 3 aromatic heterocycles. The molecule has 25 heavy (non-hydrogen) atoms. The Morgan fingerprint density at radius 3 is 2.88 bits per heavy atom. The van der Waals surface area contributed by atoms with Crippen molar-refractivity contribution < 1.29 is 4.74 Å². The van der Waals surface area contributed by atoms with Crippen LogP contribution in [0.3, 0.4) is 0 Å². The van der Waals surface area contributed by atoms with Crippen LogP contribution < -0.4 is 10.6 Å². The Hall–Kier alpha value is -2.64. The van der Waals surface area contributed by atoms with Crippen LogP contribution in [0.2, 0.25) is 0 Å². The number of nitrogens with two attached hydrogens (primary N) is 1. The van der Waals surface area contributed by atoms with Crippen LogP contribution in [0.1, 0.15) is 0 Å². The first-order chi connectivity index (χ1) is 12.3. The van der Waals surface area contributed by atoms with Crippen molar-refractivity contribution in [3.05, 3.63) is 41.9 Å². The van der Waals surface area contributed by atoms with Crippen molar-refractivity contribution >= 4 is 40.2 Å². The summed E-state index contributed by atoms with van der Waals surface area (Å²) in [7, 11) is 0. The highest BCUT2D eigenvalue weighted by molar-refractivity contribution is 7.13. The van der Waals surface area contributed by atoms with Gasteiger partial charge in [-0.1, -0.05) is 6.07 Å². The van der Waals surface area contributed by atoms with E-state index in [0.717, 1.165) is 35.5 Å². The van der Waals surface area contributed by atoms with E-state index < -0.39 is 0 Å². The highest BCUT2D eigenvalue weighted by Crippen LogP contribution is 2.35. The standard InChI is InChI=1S/C18H19N5OS/c19-5-3-16(20)23-6-4-13-14(15-2-1-11-25-15)12-17(21-18(13)23)22-7-9-24-10-8-22/h1-6,11-12,19H,7-10,20H2/b16-3+,19-5?. The molecular weight excluding hydrogens is 334 g/mol. The van der Waals surface area contributed by atoms with Crippen molar-refractivity contribution in [2.75, 3.05) is 31.2 Å². The molecule has 0 bridgehead atoms. The van der Waals surface area contributed by atoms with Gasteiger partial charge in [0.05, 0.1) is 13.2 Å². The van der Waals surface area contributed by atoms with Crippen molar-refractivity contribution in [1.82, 2.24) is 9.55 Å². The molecule has 0 aliphatic carbocycles. The Balaban J connectivity index is 1.92. The van der Waals surface area contributed by atoms with Gasteiger partial charge < -0.3 is 20.8 Å². The SMILES string of the molecule is N=C/C=C(\N)n1ccc2c(-c3cccs3)cc(N3CCOCC3)nc21. The number of allylic oxidation sites excluding steroid dienone is 1. The molecular formula is C18H19N5OS. The van der Waals surface area contributed by atoms with E-state index in [1.807, 2.05) is 16.8 Å². The number of ether oxygens (including phenoxy) is 1. The lowest BCUT2D eigenvalue weighted by Gasteiger charge is -2.28. The number of fused-ring (bicyclic) bond motifs is 1. The summed E-state index contributed by atoms with van der Waals surface area (Å²) in [6.45, 7) is 3.08. The van der Waals surface area contributed by atoms with E-state index in [0.29, 0.717) is 19.0 Å². The zero-order valence-corrected chi connectivity index (χ0v) is 14.5. The Labute approximate surface area is 149 Å². The molecule has 4 heterocycles. The Kier molecular flexibility index (Phi) is 4.25. The summed E-state index contributed by atoms with van der Waals surface area (Å²) in [5.74, 6) is 1.41. The second-order valence-electron chi connectivity index (χ2n) is 5.79. The van der Waals surface area contributed by atoms with E-state index in [1.54, 1.807) is 17.4 Å². The number of nitrogens with zero attached hydrogens (tertiary/aromatic N) is 3. The molecule has 3 N–H and O–H groups in total. The van der Waals surface area contributed by atoms with Gasteiger partial charge in [-0.05, 0) is 29.7 Å². The molecule has 1 aliphatic rings. The van der Waals surface area contributed by atoms with Crippen molar-refractivity contribution in [2.45, 2.75) is 0 Å². The molecule has 1 aliphatic heterocycles. The lowest BCUT2D eigenvalue weighted by atomic mass is 10.1. The van der Waals surface area contributed by atoms with Crippen molar-refractivity contribution in [2.24, 2.45) is 5.73 Å². The van der Waals surface area contributed by atoms with Crippen molar-refractivity contribution in [3.63, 3.8) is 0 Å². The number of nitrogens with one attached hydrogen (secondary N) is 1. The summed E-state index contributed by atoms with van der Waals surface area (Å²) < 4.78 is 7.30. The molecule has 0 amide bonds. The van der Waals surface area contributed by atoms with Crippen LogP contribution in [0.5, 0.6) is 0 Å². The maximum atomic E-state index is 7.27. The molecule has 1 fully saturated rings. The van der Waals surface area contributed by atoms with Gasteiger partial charge >= 0.3 is 0 Å². The number of morpholine rings is 1. The van der Waals surface area contributed by atoms with Crippen molar-refractivity contribution in [3.8, 4) is 10.4 Å². The Bertz CT molecular complexity index is 922. The number of hydrogen-bond donors (Lipinski definition) is 2. The topological polar surface area (TPSA) is 80.2 Å². The molecule has 4 rings (SSSR count). The molecule has 7 heteroatoms. The molecule has 1 saturated heterocycles. The fourth-order valence-electron chi connectivity index (χ4n) is 3.06. The molecule has 6 nitrogen and oxygen atoms in total. The maximum Gasteiger partial charge on any atom is 0.148 e. The van der Waals surface area contributed by atoms with Crippen LogP contribution in [0.4, 0.5) is 5.82 Å². The lowest BCUT2D eigenvalue weighted by molar-refractivity contribution is 0.122. The number of hydrogen-bond acceptors (Lipinski definition) is 6. The lowest BCUT2D eigenvalue weighted by Crippen LogP contribution is -2.36. The van der Waals surface area contributed by atoms with Crippen LogP contribution in [-0.2, 0) is 4.74 Å². The van der Waals surface area contributed by atoms with E-state index in [-0.39, 0.29) is 0 Å². The first kappa shape index (κ1) is 15.9. The summed E-state index contributed by atoms with van der Waals surface area (Å²) in [5, 5.41) is 10.4. The van der Waals surface area contributed by atoms with Gasteiger partial charge in [0.1, 0.15) is 17.3 Å². The van der Waals surface area contributed by atoms with Gasteiger partial charge in [0.15, 0.2) is 0 Å². The van der Waals surface area contributed by atoms with Gasteiger partial charge in [-0.25, -0.2) is 4.98 Å². The van der Waals surface area contributed by atoms with Crippen LogP contribution in [0.25, 0.3) is 27.3 Å². The van der Waals surface area contributed by atoms with E-state index >= 15 is 0 Å². The predicted octanol–water partition coefficient (Wildman–Crippen LogP) is 3.01. The van der Waals surface area contributed by atoms with E-state index in [4.69, 9.17) is 20.9 Å². The summed E-state index contributed by atoms with van der Waals surface area (Å²) in [6.07, 6.45) is 4.66. The van der Waals surface area contributed by atoms with Crippen molar-refractivity contribution in [1.29, 1.82) is 5.41 Å². The predicted molar refractivity (Wildman–Crippen MR) is 103 cm³/mol. The van der Waals surface area contributed by atoms with Gasteiger partial charge in [0, 0.05) is 41.3 Å². The third-order valence-electron chi connectivity index (χ3n) is 4.30. The number of rotatable bonds is 4. The number of thiophene rings is 1. The normalized spacial score (nSPS) is 15.7. The zero-order valence-electron chi connectivity index (χ0n) is 13.7. The van der Waals surface area contributed by atoms with E-state index in [1.165, 1.54) is 11.1 Å². The van der Waals surface area contributed by atoms with Crippen LogP contribution in [0.15, 0.2) is 41.9 Å². The summed E-state index contributed by atoms with van der Waals surface area (Å²) in [4.78, 5) is 8.32. The third kappa shape index (κ3) is 2.92. The average molecular weight is 353 g/mol. The second kappa shape index (κ2) is 6.70. The zero-order chi connectivity index (χ0) is 17.2. The average Bonchev–Trinajstić information content (AvgIpc) is 3.31. The highest BCUT2D eigenvalue weighted by Gasteiger charge is 2.18. The summed E-state index contributed by atoms with van der Waals surface area (Å²) >= 11 is 1.71. The molecule has 0 unspecified atom stereocenters. The Morgan fingerprint density at radius 2 is 2.16 bits per heavy atom. The van der Waals surface area contributed by atoms with Crippen LogP contribution in [0, 0.1) is 5.41 Å². The fourth-order valence-corrected chi connectivity index (χ4v) is 3.82. The fraction of sp³-hybridized carbons (Fsp3) is 0.222. The molecule has 0 spiro atoms. The molecule has 0 saturated carbocycles. The first-order valence-electron chi connectivity index (χ1n) is 8.13. The summed E-state index contributed by atoms with van der Waals surface area (Å²) in [6, 6.07) is 8.36. The highest BCUT2D eigenvalue weighted by atomic mass is 32.1.